The number of nitrogens with one attached hydrogen (secondary N) is 1. The first kappa shape index (κ1) is 18.0. The van der Waals surface area contributed by atoms with E-state index in [0.717, 1.165) is 10.9 Å². The van der Waals surface area contributed by atoms with Crippen LogP contribution in [0.1, 0.15) is 12.0 Å². The molecule has 2 aromatic rings. The summed E-state index contributed by atoms with van der Waals surface area (Å²) in [5.74, 6) is -2.71. The second kappa shape index (κ2) is 7.47. The van der Waals surface area contributed by atoms with Crippen molar-refractivity contribution >= 4 is 28.8 Å². The van der Waals surface area contributed by atoms with Crippen LogP contribution in [0.25, 0.3) is 11.0 Å². The molecule has 1 heterocycles. The van der Waals surface area contributed by atoms with Crippen LogP contribution in [-0.2, 0) is 14.4 Å². The minimum absolute atomic E-state index is 0.262. The molecule has 25 heavy (non-hydrogen) atoms. The van der Waals surface area contributed by atoms with Gasteiger partial charge in [0.1, 0.15) is 17.4 Å². The van der Waals surface area contributed by atoms with Crippen molar-refractivity contribution in [2.45, 2.75) is 19.4 Å². The maximum absolute atomic E-state index is 11.8. The Morgan fingerprint density at radius 1 is 1.32 bits per heavy atom. The number of hydrogen-bond acceptors (Lipinski definition) is 6. The molecule has 0 radical (unpaired) electrons. The highest BCUT2D eigenvalue weighted by Crippen LogP contribution is 2.22. The van der Waals surface area contributed by atoms with Crippen LogP contribution in [0.5, 0.6) is 5.75 Å². The smallest absolute Gasteiger partial charge is 0.336 e. The molecule has 132 valence electrons. The van der Waals surface area contributed by atoms with Crippen LogP contribution in [0.15, 0.2) is 33.5 Å². The minimum Gasteiger partial charge on any atom is -0.484 e. The molecule has 0 saturated heterocycles. The van der Waals surface area contributed by atoms with Crippen molar-refractivity contribution in [3.8, 4) is 5.75 Å². The van der Waals surface area contributed by atoms with E-state index in [1.807, 2.05) is 0 Å². The van der Waals surface area contributed by atoms with Gasteiger partial charge < -0.3 is 25.3 Å². The number of primary amides is 1. The summed E-state index contributed by atoms with van der Waals surface area (Å²) in [6, 6.07) is 4.65. The van der Waals surface area contributed by atoms with Crippen molar-refractivity contribution in [1.82, 2.24) is 5.32 Å². The Kier molecular flexibility index (Phi) is 5.38. The highest BCUT2D eigenvalue weighted by Gasteiger charge is 2.22. The number of rotatable bonds is 7. The predicted molar refractivity (Wildman–Crippen MR) is 86.1 cm³/mol. The Hall–Kier alpha value is -3.36. The van der Waals surface area contributed by atoms with Crippen LogP contribution in [0, 0.1) is 6.92 Å². The monoisotopic (exact) mass is 348 g/mol. The Labute approximate surface area is 141 Å². The highest BCUT2D eigenvalue weighted by atomic mass is 16.5. The van der Waals surface area contributed by atoms with E-state index >= 15 is 0 Å². The third-order valence-electron chi connectivity index (χ3n) is 3.33. The zero-order chi connectivity index (χ0) is 18.6. The van der Waals surface area contributed by atoms with E-state index in [-0.39, 0.29) is 5.75 Å². The summed E-state index contributed by atoms with van der Waals surface area (Å²) in [7, 11) is 0. The quantitative estimate of drug-likeness (QED) is 0.593. The number of nitrogens with two attached hydrogens (primary N) is 1. The molecule has 0 aliphatic rings. The number of carbonyl (C=O) groups is 3. The number of hydrogen-bond donors (Lipinski definition) is 3. The standard InChI is InChI=1S/C16H16N2O7/c1-8-4-15(21)25-12-5-9(2-3-10(8)12)24-7-14(20)18-11(16(22)23)6-13(17)19/h2-5,11H,6-7H2,1H3,(H2,17,19)(H,18,20)(H,22,23)/t11-/m1/s1. The van der Waals surface area contributed by atoms with E-state index < -0.39 is 42.5 Å². The normalized spacial score (nSPS) is 11.7. The molecular weight excluding hydrogens is 332 g/mol. The van der Waals surface area contributed by atoms with E-state index in [0.29, 0.717) is 5.58 Å². The summed E-state index contributed by atoms with van der Waals surface area (Å²) in [6.45, 7) is 1.28. The Balaban J connectivity index is 2.04. The Bertz CT molecular complexity index is 888. The number of benzene rings is 1. The molecule has 0 spiro atoms. The SMILES string of the molecule is Cc1cc(=O)oc2cc(OCC(=O)N[C@H](CC(N)=O)C(=O)O)ccc12. The molecule has 4 N–H and O–H groups in total. The number of aliphatic carboxylic acids is 1. The van der Waals surface area contributed by atoms with Crippen LogP contribution in [0.2, 0.25) is 0 Å². The van der Waals surface area contributed by atoms with Gasteiger partial charge in [0.15, 0.2) is 6.61 Å². The second-order valence-corrected chi connectivity index (χ2v) is 5.32. The molecule has 0 aliphatic carbocycles. The van der Waals surface area contributed by atoms with Crippen molar-refractivity contribution in [3.63, 3.8) is 0 Å². The molecule has 0 fully saturated rings. The van der Waals surface area contributed by atoms with Gasteiger partial charge in [0.25, 0.3) is 5.91 Å². The highest BCUT2D eigenvalue weighted by molar-refractivity contribution is 5.88. The number of carboxylic acid groups (broad SMARTS) is 1. The topological polar surface area (TPSA) is 149 Å². The number of carboxylic acids is 1. The van der Waals surface area contributed by atoms with E-state index in [1.54, 1.807) is 19.1 Å². The van der Waals surface area contributed by atoms with Gasteiger partial charge in [0.05, 0.1) is 6.42 Å². The zero-order valence-electron chi connectivity index (χ0n) is 13.3. The third kappa shape index (κ3) is 4.80. The predicted octanol–water partition coefficient (Wildman–Crippen LogP) is -0.0750. The lowest BCUT2D eigenvalue weighted by Gasteiger charge is -2.13. The van der Waals surface area contributed by atoms with Crippen LogP contribution in [0.4, 0.5) is 0 Å². The van der Waals surface area contributed by atoms with Crippen LogP contribution < -0.4 is 21.4 Å². The lowest BCUT2D eigenvalue weighted by Crippen LogP contribution is -2.45. The average molecular weight is 348 g/mol. The van der Waals surface area contributed by atoms with Gasteiger partial charge in [-0.25, -0.2) is 9.59 Å². The number of carbonyl (C=O) groups excluding carboxylic acids is 2. The number of fused-ring (bicyclic) bond motifs is 1. The Morgan fingerprint density at radius 2 is 2.04 bits per heavy atom. The zero-order valence-corrected chi connectivity index (χ0v) is 13.3. The van der Waals surface area contributed by atoms with Crippen molar-refractivity contribution in [1.29, 1.82) is 0 Å². The van der Waals surface area contributed by atoms with E-state index in [9.17, 15) is 19.2 Å². The lowest BCUT2D eigenvalue weighted by atomic mass is 10.1. The maximum Gasteiger partial charge on any atom is 0.336 e. The number of amides is 2. The molecule has 1 atom stereocenters. The maximum atomic E-state index is 11.8. The molecule has 1 aromatic carbocycles. The summed E-state index contributed by atoms with van der Waals surface area (Å²) >= 11 is 0. The largest absolute Gasteiger partial charge is 0.484 e. The molecule has 0 bridgehead atoms. The third-order valence-corrected chi connectivity index (χ3v) is 3.33. The van der Waals surface area contributed by atoms with Crippen LogP contribution in [-0.4, -0.2) is 35.5 Å². The first-order chi connectivity index (χ1) is 11.8. The van der Waals surface area contributed by atoms with Gasteiger partial charge in [-0.05, 0) is 24.6 Å². The number of aryl methyl sites for hydroxylation is 1. The average Bonchev–Trinajstić information content (AvgIpc) is 2.51. The second-order valence-electron chi connectivity index (χ2n) is 5.32. The van der Waals surface area contributed by atoms with Crippen molar-refractivity contribution in [2.75, 3.05) is 6.61 Å². The van der Waals surface area contributed by atoms with Gasteiger partial charge in [0.2, 0.25) is 5.91 Å². The minimum atomic E-state index is -1.43. The van der Waals surface area contributed by atoms with Crippen LogP contribution >= 0.6 is 0 Å². The molecule has 1 aromatic heterocycles. The van der Waals surface area contributed by atoms with Gasteiger partial charge >= 0.3 is 11.6 Å². The molecule has 0 saturated carbocycles. The Morgan fingerprint density at radius 3 is 2.68 bits per heavy atom. The van der Waals surface area contributed by atoms with Gasteiger partial charge in [-0.2, -0.15) is 0 Å². The van der Waals surface area contributed by atoms with Crippen molar-refractivity contribution in [2.24, 2.45) is 5.73 Å². The van der Waals surface area contributed by atoms with Gasteiger partial charge in [-0.1, -0.05) is 0 Å². The van der Waals surface area contributed by atoms with E-state index in [1.165, 1.54) is 12.1 Å². The van der Waals surface area contributed by atoms with Gasteiger partial charge in [0, 0.05) is 17.5 Å². The molecule has 2 rings (SSSR count). The summed E-state index contributed by atoms with van der Waals surface area (Å²) in [5.41, 5.74) is 5.47. The summed E-state index contributed by atoms with van der Waals surface area (Å²) in [6.07, 6.45) is -0.526. The van der Waals surface area contributed by atoms with Gasteiger partial charge in [-0.15, -0.1) is 0 Å². The first-order valence-corrected chi connectivity index (χ1v) is 7.24. The van der Waals surface area contributed by atoms with Crippen molar-refractivity contribution < 1.29 is 28.6 Å². The van der Waals surface area contributed by atoms with Crippen LogP contribution in [0.3, 0.4) is 0 Å². The lowest BCUT2D eigenvalue weighted by molar-refractivity contribution is -0.143. The molecule has 9 heteroatoms. The molecule has 0 aliphatic heterocycles. The molecule has 9 nitrogen and oxygen atoms in total. The van der Waals surface area contributed by atoms with E-state index in [4.69, 9.17) is 20.0 Å². The summed E-state index contributed by atoms with van der Waals surface area (Å²) < 4.78 is 10.3. The van der Waals surface area contributed by atoms with E-state index in [2.05, 4.69) is 5.32 Å². The summed E-state index contributed by atoms with van der Waals surface area (Å²) in [4.78, 5) is 44.9. The van der Waals surface area contributed by atoms with Crippen molar-refractivity contribution in [3.05, 3.63) is 40.2 Å². The van der Waals surface area contributed by atoms with Gasteiger partial charge in [-0.3, -0.25) is 9.59 Å². The fourth-order valence-electron chi connectivity index (χ4n) is 2.18. The number of ether oxygens (including phenoxy) is 1. The summed E-state index contributed by atoms with van der Waals surface area (Å²) in [5, 5.41) is 11.8. The first-order valence-electron chi connectivity index (χ1n) is 7.24. The fraction of sp³-hybridized carbons (Fsp3) is 0.250. The molecule has 2 amide bonds. The molecule has 0 unspecified atom stereocenters. The molecular formula is C16H16N2O7. The fourth-order valence-corrected chi connectivity index (χ4v) is 2.18.